The number of nitro groups is 1. The van der Waals surface area contributed by atoms with Crippen molar-refractivity contribution in [2.75, 3.05) is 43.5 Å². The van der Waals surface area contributed by atoms with E-state index in [1.807, 2.05) is 18.2 Å². The van der Waals surface area contributed by atoms with Gasteiger partial charge in [-0.3, -0.25) is 10.1 Å². The topological polar surface area (TPSA) is 70.9 Å². The van der Waals surface area contributed by atoms with Gasteiger partial charge in [0.15, 0.2) is 5.11 Å². The zero-order chi connectivity index (χ0) is 18.5. The quantitative estimate of drug-likeness (QED) is 0.502. The number of nitrogens with one attached hydrogen (secondary N) is 1. The number of anilines is 2. The van der Waals surface area contributed by atoms with Crippen LogP contribution in [0.1, 0.15) is 0 Å². The molecule has 3 rings (SSSR count). The molecule has 0 bridgehead atoms. The Balaban J connectivity index is 1.58. The van der Waals surface area contributed by atoms with E-state index in [4.69, 9.17) is 17.0 Å². The van der Waals surface area contributed by atoms with Crippen molar-refractivity contribution in [2.45, 2.75) is 0 Å². The Hall–Kier alpha value is -2.87. The molecule has 1 saturated heterocycles. The first-order valence-corrected chi connectivity index (χ1v) is 8.67. The average Bonchev–Trinajstić information content (AvgIpc) is 2.68. The molecular weight excluding hydrogens is 352 g/mol. The van der Waals surface area contributed by atoms with Gasteiger partial charge in [-0.2, -0.15) is 0 Å². The SMILES string of the molecule is COc1cccc(N2CCN(C(=S)Nc3cccc([N+](=O)[O-])c3)CC2)c1. The molecule has 0 saturated carbocycles. The van der Waals surface area contributed by atoms with Gasteiger partial charge in [-0.25, -0.2) is 0 Å². The van der Waals surface area contributed by atoms with E-state index in [1.54, 1.807) is 19.2 Å². The van der Waals surface area contributed by atoms with E-state index in [0.29, 0.717) is 10.8 Å². The Kier molecular flexibility index (Phi) is 5.52. The first kappa shape index (κ1) is 17.9. The highest BCUT2D eigenvalue weighted by Gasteiger charge is 2.20. The van der Waals surface area contributed by atoms with Crippen molar-refractivity contribution in [3.63, 3.8) is 0 Å². The predicted octanol–water partition coefficient (Wildman–Crippen LogP) is 3.12. The first-order chi connectivity index (χ1) is 12.6. The molecule has 8 heteroatoms. The molecule has 7 nitrogen and oxygen atoms in total. The van der Waals surface area contributed by atoms with Gasteiger partial charge in [-0.15, -0.1) is 0 Å². The van der Waals surface area contributed by atoms with Crippen LogP contribution in [0.4, 0.5) is 17.1 Å². The molecule has 0 spiro atoms. The van der Waals surface area contributed by atoms with Gasteiger partial charge in [0.2, 0.25) is 0 Å². The number of methoxy groups -OCH3 is 1. The zero-order valence-corrected chi connectivity index (χ0v) is 15.2. The summed E-state index contributed by atoms with van der Waals surface area (Å²) in [4.78, 5) is 14.8. The van der Waals surface area contributed by atoms with Gasteiger partial charge in [0.1, 0.15) is 5.75 Å². The van der Waals surface area contributed by atoms with Crippen LogP contribution in [0.2, 0.25) is 0 Å². The molecule has 1 aliphatic heterocycles. The third kappa shape index (κ3) is 4.20. The minimum absolute atomic E-state index is 0.0423. The molecule has 2 aromatic carbocycles. The van der Waals surface area contributed by atoms with Crippen LogP contribution in [0.5, 0.6) is 5.75 Å². The van der Waals surface area contributed by atoms with E-state index >= 15 is 0 Å². The van der Waals surface area contributed by atoms with Crippen LogP contribution in [-0.4, -0.2) is 48.2 Å². The normalized spacial score (nSPS) is 14.0. The Morgan fingerprint density at radius 3 is 2.58 bits per heavy atom. The maximum Gasteiger partial charge on any atom is 0.271 e. The number of thiocarbonyl (C=S) groups is 1. The molecule has 1 N–H and O–H groups in total. The van der Waals surface area contributed by atoms with Gasteiger partial charge >= 0.3 is 0 Å². The summed E-state index contributed by atoms with van der Waals surface area (Å²) < 4.78 is 5.28. The Bertz CT molecular complexity index is 807. The van der Waals surface area contributed by atoms with Gasteiger partial charge in [-0.1, -0.05) is 12.1 Å². The molecule has 1 heterocycles. The van der Waals surface area contributed by atoms with E-state index in [1.165, 1.54) is 12.1 Å². The summed E-state index contributed by atoms with van der Waals surface area (Å²) in [6.07, 6.45) is 0. The minimum atomic E-state index is -0.416. The lowest BCUT2D eigenvalue weighted by atomic mass is 10.2. The molecule has 0 aromatic heterocycles. The highest BCUT2D eigenvalue weighted by atomic mass is 32.1. The molecular formula is C18H20N4O3S. The summed E-state index contributed by atoms with van der Waals surface area (Å²) in [5, 5.41) is 14.6. The largest absolute Gasteiger partial charge is 0.497 e. The van der Waals surface area contributed by atoms with Crippen LogP contribution in [0.3, 0.4) is 0 Å². The van der Waals surface area contributed by atoms with Gasteiger partial charge in [0.25, 0.3) is 5.69 Å². The van der Waals surface area contributed by atoms with Crippen molar-refractivity contribution in [3.8, 4) is 5.75 Å². The second-order valence-corrected chi connectivity index (χ2v) is 6.30. The van der Waals surface area contributed by atoms with Crippen LogP contribution >= 0.6 is 12.2 Å². The van der Waals surface area contributed by atoms with Gasteiger partial charge in [0, 0.05) is 55.8 Å². The number of nitrogens with zero attached hydrogens (tertiary/aromatic N) is 3. The molecule has 1 fully saturated rings. The number of nitro benzene ring substituents is 1. The third-order valence-corrected chi connectivity index (χ3v) is 4.65. The second-order valence-electron chi connectivity index (χ2n) is 5.91. The average molecular weight is 372 g/mol. The van der Waals surface area contributed by atoms with Crippen LogP contribution < -0.4 is 15.0 Å². The molecule has 1 aliphatic rings. The standard InChI is InChI=1S/C18H20N4O3S/c1-25-17-7-3-5-15(13-17)20-8-10-21(11-9-20)18(26)19-14-4-2-6-16(12-14)22(23)24/h2-7,12-13H,8-11H2,1H3,(H,19,26). The molecule has 0 radical (unpaired) electrons. The molecule has 2 aromatic rings. The van der Waals surface area contributed by atoms with Crippen LogP contribution in [0.25, 0.3) is 0 Å². The highest BCUT2D eigenvalue weighted by molar-refractivity contribution is 7.80. The lowest BCUT2D eigenvalue weighted by Gasteiger charge is -2.37. The van der Waals surface area contributed by atoms with Crippen LogP contribution in [0.15, 0.2) is 48.5 Å². The summed E-state index contributed by atoms with van der Waals surface area (Å²) in [5.41, 5.74) is 1.79. The van der Waals surface area contributed by atoms with E-state index < -0.39 is 4.92 Å². The Labute approximate surface area is 157 Å². The summed E-state index contributed by atoms with van der Waals surface area (Å²) in [6, 6.07) is 14.4. The number of ether oxygens (including phenoxy) is 1. The van der Waals surface area contributed by atoms with Crippen molar-refractivity contribution < 1.29 is 9.66 Å². The van der Waals surface area contributed by atoms with Crippen molar-refractivity contribution in [1.29, 1.82) is 0 Å². The number of hydrogen-bond donors (Lipinski definition) is 1. The minimum Gasteiger partial charge on any atom is -0.497 e. The summed E-state index contributed by atoms with van der Waals surface area (Å²) in [7, 11) is 1.66. The van der Waals surface area contributed by atoms with E-state index in [9.17, 15) is 10.1 Å². The lowest BCUT2D eigenvalue weighted by Crippen LogP contribution is -2.50. The Morgan fingerprint density at radius 1 is 1.15 bits per heavy atom. The molecule has 0 atom stereocenters. The van der Waals surface area contributed by atoms with Gasteiger partial charge in [-0.05, 0) is 30.4 Å². The van der Waals surface area contributed by atoms with Crippen molar-refractivity contribution in [1.82, 2.24) is 4.90 Å². The van der Waals surface area contributed by atoms with Crippen LogP contribution in [0, 0.1) is 10.1 Å². The van der Waals surface area contributed by atoms with Crippen molar-refractivity contribution >= 4 is 34.4 Å². The number of piperazine rings is 1. The Morgan fingerprint density at radius 2 is 1.88 bits per heavy atom. The number of rotatable bonds is 4. The monoisotopic (exact) mass is 372 g/mol. The van der Waals surface area contributed by atoms with E-state index in [-0.39, 0.29) is 5.69 Å². The molecule has 0 amide bonds. The summed E-state index contributed by atoms with van der Waals surface area (Å²) in [6.45, 7) is 3.23. The zero-order valence-electron chi connectivity index (χ0n) is 14.4. The summed E-state index contributed by atoms with van der Waals surface area (Å²) >= 11 is 5.47. The second kappa shape index (κ2) is 8.01. The maximum absolute atomic E-state index is 10.9. The van der Waals surface area contributed by atoms with E-state index in [2.05, 4.69) is 21.2 Å². The maximum atomic E-state index is 10.9. The lowest BCUT2D eigenvalue weighted by molar-refractivity contribution is -0.384. The van der Waals surface area contributed by atoms with Crippen molar-refractivity contribution in [2.24, 2.45) is 0 Å². The number of hydrogen-bond acceptors (Lipinski definition) is 5. The van der Waals surface area contributed by atoms with E-state index in [0.717, 1.165) is 37.6 Å². The molecule has 0 aliphatic carbocycles. The molecule has 0 unspecified atom stereocenters. The van der Waals surface area contributed by atoms with Gasteiger partial charge in [0.05, 0.1) is 12.0 Å². The third-order valence-electron chi connectivity index (χ3n) is 4.29. The molecule has 26 heavy (non-hydrogen) atoms. The fourth-order valence-electron chi connectivity index (χ4n) is 2.87. The highest BCUT2D eigenvalue weighted by Crippen LogP contribution is 2.22. The number of benzene rings is 2. The summed E-state index contributed by atoms with van der Waals surface area (Å²) in [5.74, 6) is 0.841. The predicted molar refractivity (Wildman–Crippen MR) is 106 cm³/mol. The number of non-ortho nitro benzene ring substituents is 1. The molecule has 136 valence electrons. The fourth-order valence-corrected chi connectivity index (χ4v) is 3.18. The van der Waals surface area contributed by atoms with Gasteiger partial charge < -0.3 is 19.9 Å². The first-order valence-electron chi connectivity index (χ1n) is 8.26. The fraction of sp³-hybridized carbons (Fsp3) is 0.278. The van der Waals surface area contributed by atoms with Crippen molar-refractivity contribution in [3.05, 3.63) is 58.6 Å². The smallest absolute Gasteiger partial charge is 0.271 e. The van der Waals surface area contributed by atoms with Crippen LogP contribution in [-0.2, 0) is 0 Å².